The molecule has 0 saturated heterocycles. The summed E-state index contributed by atoms with van der Waals surface area (Å²) in [6.45, 7) is 11.2. The van der Waals surface area contributed by atoms with E-state index in [2.05, 4.69) is 34.6 Å². The van der Waals surface area contributed by atoms with Crippen LogP contribution in [0.3, 0.4) is 0 Å². The molecule has 0 aromatic rings. The van der Waals surface area contributed by atoms with E-state index in [-0.39, 0.29) is 11.5 Å². The Bertz CT molecular complexity index is 149. The highest BCUT2D eigenvalue weighted by atomic mass is 16.3. The summed E-state index contributed by atoms with van der Waals surface area (Å²) in [6, 6.07) is 0. The average Bonchev–Trinajstić information content (AvgIpc) is 2.11. The maximum absolute atomic E-state index is 9.93. The maximum atomic E-state index is 9.93. The Hall–Kier alpha value is -0.0400. The maximum Gasteiger partial charge on any atom is 0.0545 e. The van der Waals surface area contributed by atoms with Crippen LogP contribution in [-0.4, -0.2) is 11.2 Å². The minimum atomic E-state index is -0.0979. The fourth-order valence-corrected chi connectivity index (χ4v) is 1.75. The van der Waals surface area contributed by atoms with Crippen LogP contribution in [0.15, 0.2) is 0 Å². The SMILES string of the molecule is CCCCCCC(O)CC(C)(C)C(C)C. The lowest BCUT2D eigenvalue weighted by Crippen LogP contribution is -2.25. The zero-order chi connectivity index (χ0) is 11.9. The van der Waals surface area contributed by atoms with E-state index in [1.54, 1.807) is 0 Å². The fraction of sp³-hybridized carbons (Fsp3) is 1.00. The first-order valence-corrected chi connectivity index (χ1v) is 6.58. The molecule has 92 valence electrons. The van der Waals surface area contributed by atoms with E-state index in [0.717, 1.165) is 12.8 Å². The second-order valence-electron chi connectivity index (χ2n) is 5.85. The van der Waals surface area contributed by atoms with Gasteiger partial charge in [0, 0.05) is 0 Å². The quantitative estimate of drug-likeness (QED) is 0.594. The highest BCUT2D eigenvalue weighted by molar-refractivity contribution is 4.76. The molecule has 15 heavy (non-hydrogen) atoms. The van der Waals surface area contributed by atoms with Crippen LogP contribution in [0.5, 0.6) is 0 Å². The molecule has 1 N–H and O–H groups in total. The van der Waals surface area contributed by atoms with Crippen LogP contribution in [0.1, 0.15) is 73.1 Å². The van der Waals surface area contributed by atoms with Crippen LogP contribution >= 0.6 is 0 Å². The van der Waals surface area contributed by atoms with E-state index >= 15 is 0 Å². The van der Waals surface area contributed by atoms with Crippen LogP contribution in [-0.2, 0) is 0 Å². The van der Waals surface area contributed by atoms with Gasteiger partial charge in [-0.2, -0.15) is 0 Å². The highest BCUT2D eigenvalue weighted by Gasteiger charge is 2.25. The number of aliphatic hydroxyl groups excluding tert-OH is 1. The van der Waals surface area contributed by atoms with Gasteiger partial charge in [-0.1, -0.05) is 60.3 Å². The van der Waals surface area contributed by atoms with E-state index < -0.39 is 0 Å². The largest absolute Gasteiger partial charge is 0.393 e. The average molecular weight is 214 g/mol. The van der Waals surface area contributed by atoms with Gasteiger partial charge in [0.05, 0.1) is 6.10 Å². The highest BCUT2D eigenvalue weighted by Crippen LogP contribution is 2.32. The van der Waals surface area contributed by atoms with Crippen molar-refractivity contribution in [2.24, 2.45) is 11.3 Å². The Morgan fingerprint density at radius 2 is 1.67 bits per heavy atom. The first kappa shape index (κ1) is 15.0. The number of rotatable bonds is 8. The Kier molecular flexibility index (Phi) is 7.25. The molecule has 1 heteroatoms. The van der Waals surface area contributed by atoms with Gasteiger partial charge in [-0.25, -0.2) is 0 Å². The third kappa shape index (κ3) is 6.94. The first-order valence-electron chi connectivity index (χ1n) is 6.58. The number of hydrogen-bond acceptors (Lipinski definition) is 1. The predicted molar refractivity (Wildman–Crippen MR) is 68.0 cm³/mol. The van der Waals surface area contributed by atoms with Crippen molar-refractivity contribution in [1.29, 1.82) is 0 Å². The molecule has 0 aliphatic carbocycles. The minimum absolute atomic E-state index is 0.0979. The molecule has 0 aromatic carbocycles. The number of aliphatic hydroxyl groups is 1. The molecule has 1 nitrogen and oxygen atoms in total. The number of unbranched alkanes of at least 4 members (excludes halogenated alkanes) is 3. The van der Waals surface area contributed by atoms with Gasteiger partial charge >= 0.3 is 0 Å². The van der Waals surface area contributed by atoms with E-state index in [9.17, 15) is 5.11 Å². The molecule has 1 atom stereocenters. The fourth-order valence-electron chi connectivity index (χ4n) is 1.75. The third-order valence-corrected chi connectivity index (χ3v) is 3.72. The molecule has 0 saturated carbocycles. The second kappa shape index (κ2) is 7.27. The van der Waals surface area contributed by atoms with Gasteiger partial charge in [-0.15, -0.1) is 0 Å². The summed E-state index contributed by atoms with van der Waals surface area (Å²) in [5, 5.41) is 9.93. The van der Waals surface area contributed by atoms with Crippen molar-refractivity contribution in [3.63, 3.8) is 0 Å². The zero-order valence-electron chi connectivity index (χ0n) is 11.3. The summed E-state index contributed by atoms with van der Waals surface area (Å²) in [4.78, 5) is 0. The van der Waals surface area contributed by atoms with Crippen LogP contribution in [0.2, 0.25) is 0 Å². The monoisotopic (exact) mass is 214 g/mol. The lowest BCUT2D eigenvalue weighted by Gasteiger charge is -2.31. The van der Waals surface area contributed by atoms with Crippen LogP contribution in [0, 0.1) is 11.3 Å². The van der Waals surface area contributed by atoms with Gasteiger partial charge in [0.25, 0.3) is 0 Å². The Balaban J connectivity index is 3.68. The molecule has 0 radical (unpaired) electrons. The van der Waals surface area contributed by atoms with Gasteiger partial charge in [0.1, 0.15) is 0 Å². The Morgan fingerprint density at radius 1 is 1.07 bits per heavy atom. The van der Waals surface area contributed by atoms with Crippen molar-refractivity contribution >= 4 is 0 Å². The molecule has 0 heterocycles. The van der Waals surface area contributed by atoms with Crippen molar-refractivity contribution in [2.75, 3.05) is 0 Å². The van der Waals surface area contributed by atoms with E-state index in [1.807, 2.05) is 0 Å². The first-order chi connectivity index (χ1) is 6.90. The van der Waals surface area contributed by atoms with Crippen molar-refractivity contribution in [3.05, 3.63) is 0 Å². The van der Waals surface area contributed by atoms with E-state index in [4.69, 9.17) is 0 Å². The summed E-state index contributed by atoms with van der Waals surface area (Å²) in [6.07, 6.45) is 6.86. The van der Waals surface area contributed by atoms with Crippen molar-refractivity contribution in [2.45, 2.75) is 79.2 Å². The standard InChI is InChI=1S/C14H30O/c1-6-7-8-9-10-13(15)11-14(4,5)12(2)3/h12-13,15H,6-11H2,1-5H3. The summed E-state index contributed by atoms with van der Waals surface area (Å²) in [7, 11) is 0. The topological polar surface area (TPSA) is 20.2 Å². The number of hydrogen-bond donors (Lipinski definition) is 1. The van der Waals surface area contributed by atoms with Crippen molar-refractivity contribution < 1.29 is 5.11 Å². The van der Waals surface area contributed by atoms with E-state index in [1.165, 1.54) is 25.7 Å². The third-order valence-electron chi connectivity index (χ3n) is 3.72. The van der Waals surface area contributed by atoms with Gasteiger partial charge in [0.2, 0.25) is 0 Å². The molecular weight excluding hydrogens is 184 g/mol. The van der Waals surface area contributed by atoms with Gasteiger partial charge in [0.15, 0.2) is 0 Å². The lowest BCUT2D eigenvalue weighted by molar-refractivity contribution is 0.0806. The summed E-state index contributed by atoms with van der Waals surface area (Å²) >= 11 is 0. The molecule has 0 aromatic heterocycles. The van der Waals surface area contributed by atoms with Crippen molar-refractivity contribution in [1.82, 2.24) is 0 Å². The minimum Gasteiger partial charge on any atom is -0.393 e. The summed E-state index contributed by atoms with van der Waals surface area (Å²) in [5.41, 5.74) is 0.268. The molecule has 0 aliphatic heterocycles. The van der Waals surface area contributed by atoms with E-state index in [0.29, 0.717) is 5.92 Å². The predicted octanol–water partition coefficient (Wildman–Crippen LogP) is 4.39. The summed E-state index contributed by atoms with van der Waals surface area (Å²) < 4.78 is 0. The molecule has 0 bridgehead atoms. The van der Waals surface area contributed by atoms with Crippen LogP contribution < -0.4 is 0 Å². The molecular formula is C14H30O. The normalized spacial score (nSPS) is 14.6. The zero-order valence-corrected chi connectivity index (χ0v) is 11.3. The molecule has 0 fully saturated rings. The van der Waals surface area contributed by atoms with Crippen LogP contribution in [0.4, 0.5) is 0 Å². The smallest absolute Gasteiger partial charge is 0.0545 e. The van der Waals surface area contributed by atoms with Crippen LogP contribution in [0.25, 0.3) is 0 Å². The van der Waals surface area contributed by atoms with Gasteiger partial charge in [-0.3, -0.25) is 0 Å². The molecule has 0 aliphatic rings. The second-order valence-corrected chi connectivity index (χ2v) is 5.85. The molecule has 0 spiro atoms. The molecule has 0 rings (SSSR count). The molecule has 0 amide bonds. The van der Waals surface area contributed by atoms with Crippen molar-refractivity contribution in [3.8, 4) is 0 Å². The Labute approximate surface area is 96.3 Å². The van der Waals surface area contributed by atoms with Gasteiger partial charge in [-0.05, 0) is 24.2 Å². The van der Waals surface area contributed by atoms with Gasteiger partial charge < -0.3 is 5.11 Å². The summed E-state index contributed by atoms with van der Waals surface area (Å²) in [5.74, 6) is 0.641. The Morgan fingerprint density at radius 3 is 2.13 bits per heavy atom. The molecule has 1 unspecified atom stereocenters. The lowest BCUT2D eigenvalue weighted by atomic mass is 9.76.